The molecular weight excluding hydrogens is 614 g/mol. The van der Waals surface area contributed by atoms with Crippen LogP contribution in [0.2, 0.25) is 0 Å². The summed E-state index contributed by atoms with van der Waals surface area (Å²) < 4.78 is 11.2. The van der Waals surface area contributed by atoms with Crippen LogP contribution < -0.4 is 20.7 Å². The van der Waals surface area contributed by atoms with Crippen molar-refractivity contribution in [1.82, 2.24) is 25.8 Å². The van der Waals surface area contributed by atoms with Crippen LogP contribution in [0.1, 0.15) is 49.7 Å². The molecule has 2 aromatic carbocycles. The number of methoxy groups -OCH3 is 1. The van der Waals surface area contributed by atoms with E-state index in [0.717, 1.165) is 11.1 Å². The fraction of sp³-hybridized carbons (Fsp3) is 0.417. The van der Waals surface area contributed by atoms with Crippen LogP contribution in [0.15, 0.2) is 71.1 Å². The van der Waals surface area contributed by atoms with E-state index in [2.05, 4.69) is 16.0 Å². The number of rotatable bonds is 6. The summed E-state index contributed by atoms with van der Waals surface area (Å²) in [7, 11) is 1.57. The summed E-state index contributed by atoms with van der Waals surface area (Å²) >= 11 is 0. The lowest BCUT2D eigenvalue weighted by atomic mass is 10.0. The van der Waals surface area contributed by atoms with Crippen LogP contribution in [0.25, 0.3) is 11.3 Å². The van der Waals surface area contributed by atoms with Gasteiger partial charge in [-0.25, -0.2) is 0 Å². The van der Waals surface area contributed by atoms with Gasteiger partial charge in [0.15, 0.2) is 5.76 Å². The van der Waals surface area contributed by atoms with Crippen molar-refractivity contribution in [3.05, 3.63) is 78.1 Å². The summed E-state index contributed by atoms with van der Waals surface area (Å²) in [6.07, 6.45) is 1.41. The monoisotopic (exact) mass is 657 g/mol. The number of benzene rings is 2. The molecule has 2 aliphatic rings. The molecule has 1 aromatic heterocycles. The van der Waals surface area contributed by atoms with Gasteiger partial charge >= 0.3 is 0 Å². The van der Waals surface area contributed by atoms with Gasteiger partial charge in [-0.05, 0) is 74.1 Å². The van der Waals surface area contributed by atoms with Crippen molar-refractivity contribution in [2.45, 2.75) is 64.2 Å². The molecule has 3 N–H and O–H groups in total. The van der Waals surface area contributed by atoms with Crippen molar-refractivity contribution in [3.63, 3.8) is 0 Å². The molecule has 2 aliphatic heterocycles. The summed E-state index contributed by atoms with van der Waals surface area (Å²) in [5.41, 5.74) is 1.64. The van der Waals surface area contributed by atoms with Gasteiger partial charge in [0.1, 0.15) is 36.2 Å². The highest BCUT2D eigenvalue weighted by Crippen LogP contribution is 2.26. The number of nitrogens with one attached hydrogen (secondary N) is 3. The Balaban J connectivity index is 1.49. The predicted octanol–water partition coefficient (Wildman–Crippen LogP) is 2.78. The number of ether oxygens (including phenoxy) is 1. The van der Waals surface area contributed by atoms with Crippen LogP contribution in [0.5, 0.6) is 5.75 Å². The van der Waals surface area contributed by atoms with E-state index in [-0.39, 0.29) is 18.2 Å². The molecule has 3 aromatic rings. The summed E-state index contributed by atoms with van der Waals surface area (Å²) in [6.45, 7) is 5.13. The Bertz CT molecular complexity index is 1620. The van der Waals surface area contributed by atoms with Gasteiger partial charge in [0.25, 0.3) is 5.91 Å². The zero-order chi connectivity index (χ0) is 34.4. The molecule has 0 unspecified atom stereocenters. The predicted molar refractivity (Wildman–Crippen MR) is 178 cm³/mol. The van der Waals surface area contributed by atoms with Crippen molar-refractivity contribution < 1.29 is 33.1 Å². The van der Waals surface area contributed by atoms with E-state index in [1.807, 2.05) is 56.3 Å². The van der Waals surface area contributed by atoms with E-state index in [9.17, 15) is 24.0 Å². The van der Waals surface area contributed by atoms with Gasteiger partial charge in [-0.1, -0.05) is 44.2 Å². The largest absolute Gasteiger partial charge is 0.497 e. The topological polar surface area (TPSA) is 150 Å². The van der Waals surface area contributed by atoms with Crippen molar-refractivity contribution >= 4 is 29.5 Å². The van der Waals surface area contributed by atoms with Gasteiger partial charge in [-0.3, -0.25) is 24.0 Å². The number of carbonyl (C=O) groups excluding carboxylic acids is 5. The molecule has 5 rings (SSSR count). The molecule has 0 aliphatic carbocycles. The van der Waals surface area contributed by atoms with Crippen molar-refractivity contribution in [3.8, 4) is 17.1 Å². The maximum atomic E-state index is 14.1. The third kappa shape index (κ3) is 8.04. The van der Waals surface area contributed by atoms with Crippen molar-refractivity contribution in [2.24, 2.45) is 5.92 Å². The number of hydrogen-bond donors (Lipinski definition) is 3. The normalized spacial score (nSPS) is 22.7. The van der Waals surface area contributed by atoms with Crippen LogP contribution in [0, 0.1) is 5.92 Å². The Morgan fingerprint density at radius 3 is 2.35 bits per heavy atom. The van der Waals surface area contributed by atoms with Gasteiger partial charge in [0.05, 0.1) is 13.2 Å². The molecule has 12 nitrogen and oxygen atoms in total. The molecular formula is C36H43N5O7. The molecule has 5 amide bonds. The highest BCUT2D eigenvalue weighted by Gasteiger charge is 2.39. The molecule has 254 valence electrons. The third-order valence-electron chi connectivity index (χ3n) is 8.76. The number of hydrogen-bond acceptors (Lipinski definition) is 7. The first-order valence-corrected chi connectivity index (χ1v) is 16.3. The molecule has 3 heterocycles. The van der Waals surface area contributed by atoms with Crippen LogP contribution in [0.3, 0.4) is 0 Å². The minimum atomic E-state index is -0.945. The molecule has 0 radical (unpaired) electrons. The standard InChI is InChI=1S/C36H43N5O7/c1-22(2)32-34(44)38-26(19-24-9-6-5-7-10-24)20-40(36(46)30-17-16-29(48-30)25-12-14-27(47-4)15-13-25)21-31(42)37-23(3)35(45)41-18-8-11-28(41)33(43)39-32/h5-7,9-10,12-17,22-23,26,28,32H,8,11,18-21H2,1-4H3,(H,37,42)(H,38,44)(H,39,43)/t23-,26-,28+,32-/m0/s1. The van der Waals surface area contributed by atoms with E-state index < -0.39 is 60.2 Å². The van der Waals surface area contributed by atoms with Gasteiger partial charge < -0.3 is 34.9 Å². The Morgan fingerprint density at radius 1 is 0.938 bits per heavy atom. The number of furan rings is 1. The number of amides is 5. The molecule has 0 spiro atoms. The first kappa shape index (κ1) is 34.2. The minimum absolute atomic E-state index is 0.00711. The minimum Gasteiger partial charge on any atom is -0.497 e. The van der Waals surface area contributed by atoms with Crippen LogP contribution in [-0.2, 0) is 25.6 Å². The smallest absolute Gasteiger partial charge is 0.290 e. The highest BCUT2D eigenvalue weighted by molar-refractivity contribution is 5.97. The Labute approximate surface area is 280 Å². The van der Waals surface area contributed by atoms with Gasteiger partial charge in [-0.2, -0.15) is 0 Å². The fourth-order valence-corrected chi connectivity index (χ4v) is 6.21. The highest BCUT2D eigenvalue weighted by atomic mass is 16.5. The average molecular weight is 658 g/mol. The summed E-state index contributed by atoms with van der Waals surface area (Å²) in [6, 6.07) is 16.6. The Kier molecular flexibility index (Phi) is 10.8. The van der Waals surface area contributed by atoms with Crippen LogP contribution in [0.4, 0.5) is 0 Å². The first-order chi connectivity index (χ1) is 23.0. The lowest BCUT2D eigenvalue weighted by Gasteiger charge is -2.30. The summed E-state index contributed by atoms with van der Waals surface area (Å²) in [5, 5.41) is 8.66. The maximum absolute atomic E-state index is 14.1. The Hall–Kier alpha value is -5.13. The zero-order valence-electron chi connectivity index (χ0n) is 27.7. The van der Waals surface area contributed by atoms with Crippen molar-refractivity contribution in [1.29, 1.82) is 0 Å². The quantitative estimate of drug-likeness (QED) is 0.369. The molecule has 4 atom stereocenters. The van der Waals surface area contributed by atoms with E-state index in [1.165, 1.54) is 9.80 Å². The van der Waals surface area contributed by atoms with Gasteiger partial charge in [-0.15, -0.1) is 0 Å². The molecule has 2 fully saturated rings. The molecule has 0 bridgehead atoms. The number of carbonyl (C=O) groups is 5. The lowest BCUT2D eigenvalue weighted by molar-refractivity contribution is -0.142. The Morgan fingerprint density at radius 2 is 1.67 bits per heavy atom. The lowest BCUT2D eigenvalue weighted by Crippen LogP contribution is -2.58. The molecule has 48 heavy (non-hydrogen) atoms. The third-order valence-corrected chi connectivity index (χ3v) is 8.76. The zero-order valence-corrected chi connectivity index (χ0v) is 27.7. The fourth-order valence-electron chi connectivity index (χ4n) is 6.21. The van der Waals surface area contributed by atoms with Gasteiger partial charge in [0, 0.05) is 18.7 Å². The maximum Gasteiger partial charge on any atom is 0.290 e. The SMILES string of the molecule is COc1ccc(-c2ccc(C(=O)N3CC(=O)N[C@@H](C)C(=O)N4CCC[C@@H]4C(=O)N[C@@H](C(C)C)C(=O)N[C@@H](Cc4ccccc4)C3)o2)cc1. The van der Waals surface area contributed by atoms with E-state index >= 15 is 0 Å². The molecule has 0 saturated carbocycles. The second kappa shape index (κ2) is 15.2. The second-order valence-electron chi connectivity index (χ2n) is 12.7. The number of nitrogens with zero attached hydrogens (tertiary/aromatic N) is 2. The first-order valence-electron chi connectivity index (χ1n) is 16.3. The van der Waals surface area contributed by atoms with E-state index in [0.29, 0.717) is 37.3 Å². The summed E-state index contributed by atoms with van der Waals surface area (Å²) in [5.74, 6) is -1.50. The van der Waals surface area contributed by atoms with Gasteiger partial charge in [0.2, 0.25) is 23.6 Å². The van der Waals surface area contributed by atoms with Crippen molar-refractivity contribution in [2.75, 3.05) is 26.7 Å². The van der Waals surface area contributed by atoms with E-state index in [4.69, 9.17) is 9.15 Å². The van der Waals surface area contributed by atoms with E-state index in [1.54, 1.807) is 38.3 Å². The second-order valence-corrected chi connectivity index (χ2v) is 12.7. The average Bonchev–Trinajstić information content (AvgIpc) is 3.77. The molecule has 12 heteroatoms. The molecule has 2 saturated heterocycles. The van der Waals surface area contributed by atoms with Crippen LogP contribution in [-0.4, -0.2) is 90.2 Å². The summed E-state index contributed by atoms with van der Waals surface area (Å²) in [4.78, 5) is 71.1. The number of fused-ring (bicyclic) bond motifs is 1. The van der Waals surface area contributed by atoms with Crippen LogP contribution >= 0.6 is 0 Å².